The van der Waals surface area contributed by atoms with Crippen molar-refractivity contribution in [2.45, 2.75) is 38.6 Å². The average molecular weight is 383 g/mol. The smallest absolute Gasteiger partial charge is 0.271 e. The van der Waals surface area contributed by atoms with Gasteiger partial charge in [0.2, 0.25) is 0 Å². The molecule has 1 aliphatic rings. The molecule has 27 heavy (non-hydrogen) atoms. The van der Waals surface area contributed by atoms with Crippen LogP contribution in [0.2, 0.25) is 0 Å². The summed E-state index contributed by atoms with van der Waals surface area (Å²) in [6, 6.07) is 7.44. The third-order valence-electron chi connectivity index (χ3n) is 4.91. The van der Waals surface area contributed by atoms with Crippen LogP contribution in [0.1, 0.15) is 45.8 Å². The summed E-state index contributed by atoms with van der Waals surface area (Å²) in [4.78, 5) is 31.8. The minimum Gasteiger partial charge on any atom is -0.497 e. The zero-order chi connectivity index (χ0) is 18.8. The van der Waals surface area contributed by atoms with Gasteiger partial charge in [0.1, 0.15) is 11.3 Å². The maximum absolute atomic E-state index is 13.0. The monoisotopic (exact) mass is 383 g/mol. The van der Waals surface area contributed by atoms with Crippen molar-refractivity contribution in [1.82, 2.24) is 14.7 Å². The van der Waals surface area contributed by atoms with Crippen LogP contribution in [0.15, 0.2) is 35.3 Å². The molecule has 0 unspecified atom stereocenters. The lowest BCUT2D eigenvalue weighted by Crippen LogP contribution is -2.31. The van der Waals surface area contributed by atoms with Crippen molar-refractivity contribution < 1.29 is 9.53 Å². The number of amides is 1. The highest BCUT2D eigenvalue weighted by Gasteiger charge is 2.20. The molecule has 1 aromatic carbocycles. The number of fused-ring (bicyclic) bond motifs is 3. The molecule has 0 saturated heterocycles. The molecule has 0 bridgehead atoms. The number of aromatic nitrogens is 2. The lowest BCUT2D eigenvalue weighted by Gasteiger charge is -2.07. The summed E-state index contributed by atoms with van der Waals surface area (Å²) in [6.45, 7) is 0.340. The van der Waals surface area contributed by atoms with Crippen LogP contribution in [0.4, 0.5) is 0 Å². The molecule has 0 saturated carbocycles. The van der Waals surface area contributed by atoms with Gasteiger partial charge in [-0.1, -0.05) is 18.6 Å². The van der Waals surface area contributed by atoms with E-state index in [2.05, 4.69) is 10.3 Å². The van der Waals surface area contributed by atoms with Crippen LogP contribution < -0.4 is 15.6 Å². The van der Waals surface area contributed by atoms with Crippen LogP contribution in [0, 0.1) is 0 Å². The number of rotatable bonds is 4. The van der Waals surface area contributed by atoms with E-state index >= 15 is 0 Å². The Bertz CT molecular complexity index is 1040. The van der Waals surface area contributed by atoms with E-state index in [0.717, 1.165) is 42.7 Å². The normalized spacial score (nSPS) is 13.8. The topological polar surface area (TPSA) is 72.7 Å². The number of benzene rings is 1. The molecule has 0 aliphatic heterocycles. The minimum atomic E-state index is -0.397. The summed E-state index contributed by atoms with van der Waals surface area (Å²) in [5.74, 6) is 0.363. The van der Waals surface area contributed by atoms with E-state index in [0.29, 0.717) is 11.5 Å². The van der Waals surface area contributed by atoms with Gasteiger partial charge in [-0.15, -0.1) is 11.3 Å². The summed E-state index contributed by atoms with van der Waals surface area (Å²) < 4.78 is 6.78. The summed E-state index contributed by atoms with van der Waals surface area (Å²) in [7, 11) is 1.61. The van der Waals surface area contributed by atoms with E-state index in [1.54, 1.807) is 22.8 Å². The van der Waals surface area contributed by atoms with Gasteiger partial charge in [0.15, 0.2) is 4.96 Å². The zero-order valence-electron chi connectivity index (χ0n) is 15.2. The highest BCUT2D eigenvalue weighted by molar-refractivity contribution is 7.17. The van der Waals surface area contributed by atoms with Crippen molar-refractivity contribution in [3.8, 4) is 5.75 Å². The SMILES string of the molecule is COc1ccc(CNC(=O)c2cnc3sc4c(n3c2=O)CCCCC4)cc1. The second kappa shape index (κ2) is 7.52. The lowest BCUT2D eigenvalue weighted by molar-refractivity contribution is 0.0949. The van der Waals surface area contributed by atoms with Gasteiger partial charge in [-0.2, -0.15) is 0 Å². The van der Waals surface area contributed by atoms with Crippen LogP contribution in [-0.4, -0.2) is 22.4 Å². The van der Waals surface area contributed by atoms with Gasteiger partial charge in [-0.3, -0.25) is 14.0 Å². The molecule has 1 aliphatic carbocycles. The second-order valence-electron chi connectivity index (χ2n) is 6.66. The molecular formula is C20H21N3O3S. The van der Waals surface area contributed by atoms with Gasteiger partial charge in [-0.25, -0.2) is 4.98 Å². The van der Waals surface area contributed by atoms with Gasteiger partial charge >= 0.3 is 0 Å². The van der Waals surface area contributed by atoms with Crippen molar-refractivity contribution in [3.63, 3.8) is 0 Å². The van der Waals surface area contributed by atoms with Crippen LogP contribution in [-0.2, 0) is 19.4 Å². The molecular weight excluding hydrogens is 362 g/mol. The van der Waals surface area contributed by atoms with Crippen molar-refractivity contribution in [3.05, 3.63) is 62.5 Å². The maximum atomic E-state index is 13.0. The molecule has 0 fully saturated rings. The van der Waals surface area contributed by atoms with Crippen LogP contribution in [0.25, 0.3) is 4.96 Å². The Kier molecular flexibility index (Phi) is 4.94. The number of methoxy groups -OCH3 is 1. The molecule has 6 nitrogen and oxygen atoms in total. The first kappa shape index (κ1) is 17.7. The fraction of sp³-hybridized carbons (Fsp3) is 0.350. The summed E-state index contributed by atoms with van der Waals surface area (Å²) in [5.41, 5.74) is 1.79. The van der Waals surface area contributed by atoms with Crippen molar-refractivity contribution >= 4 is 22.2 Å². The number of nitrogens with one attached hydrogen (secondary N) is 1. The zero-order valence-corrected chi connectivity index (χ0v) is 16.0. The quantitative estimate of drug-likeness (QED) is 0.703. The number of nitrogens with zero attached hydrogens (tertiary/aromatic N) is 2. The van der Waals surface area contributed by atoms with E-state index in [1.165, 1.54) is 17.5 Å². The Labute approximate surface area is 160 Å². The van der Waals surface area contributed by atoms with Crippen molar-refractivity contribution in [2.24, 2.45) is 0 Å². The molecule has 2 heterocycles. The number of ether oxygens (including phenoxy) is 1. The number of hydrogen-bond acceptors (Lipinski definition) is 5. The van der Waals surface area contributed by atoms with Gasteiger partial charge in [0.05, 0.1) is 7.11 Å². The van der Waals surface area contributed by atoms with Crippen LogP contribution in [0.5, 0.6) is 5.75 Å². The molecule has 2 aromatic heterocycles. The summed E-state index contributed by atoms with van der Waals surface area (Å²) in [5, 5.41) is 2.81. The average Bonchev–Trinajstić information content (AvgIpc) is 2.89. The third kappa shape index (κ3) is 3.47. The van der Waals surface area contributed by atoms with Crippen LogP contribution >= 0.6 is 11.3 Å². The first-order chi connectivity index (χ1) is 13.2. The molecule has 0 spiro atoms. The molecule has 7 heteroatoms. The van der Waals surface area contributed by atoms with E-state index in [-0.39, 0.29) is 11.1 Å². The van der Waals surface area contributed by atoms with E-state index in [4.69, 9.17) is 4.74 Å². The van der Waals surface area contributed by atoms with Crippen LogP contribution in [0.3, 0.4) is 0 Å². The Morgan fingerprint density at radius 2 is 2.00 bits per heavy atom. The van der Waals surface area contributed by atoms with Gasteiger partial charge in [-0.05, 0) is 43.4 Å². The third-order valence-corrected chi connectivity index (χ3v) is 6.07. The largest absolute Gasteiger partial charge is 0.497 e. The molecule has 0 radical (unpaired) electrons. The Hall–Kier alpha value is -2.67. The van der Waals surface area contributed by atoms with Gasteiger partial charge in [0.25, 0.3) is 11.5 Å². The Morgan fingerprint density at radius 3 is 2.78 bits per heavy atom. The number of aryl methyl sites for hydroxylation is 2. The van der Waals surface area contributed by atoms with Crippen molar-refractivity contribution in [1.29, 1.82) is 0 Å². The number of thiazole rings is 1. The second-order valence-corrected chi connectivity index (χ2v) is 7.72. The molecule has 1 amide bonds. The van der Waals surface area contributed by atoms with E-state index < -0.39 is 5.91 Å². The number of carbonyl (C=O) groups is 1. The minimum absolute atomic E-state index is 0.0888. The van der Waals surface area contributed by atoms with E-state index in [9.17, 15) is 9.59 Å². The highest BCUT2D eigenvalue weighted by Crippen LogP contribution is 2.27. The summed E-state index contributed by atoms with van der Waals surface area (Å²) >= 11 is 1.57. The number of carbonyl (C=O) groups excluding carboxylic acids is 1. The van der Waals surface area contributed by atoms with Gasteiger partial charge < -0.3 is 10.1 Å². The maximum Gasteiger partial charge on any atom is 0.271 e. The predicted octanol–water partition coefficient (Wildman–Crippen LogP) is 2.96. The van der Waals surface area contributed by atoms with Crippen molar-refractivity contribution in [2.75, 3.05) is 7.11 Å². The molecule has 0 atom stereocenters. The fourth-order valence-electron chi connectivity index (χ4n) is 3.42. The first-order valence-corrected chi connectivity index (χ1v) is 9.92. The highest BCUT2D eigenvalue weighted by atomic mass is 32.1. The Balaban J connectivity index is 1.59. The standard InChI is InChI=1S/C20H21N3O3S/c1-26-14-9-7-13(8-10-14)11-21-18(24)15-12-22-20-23(19(15)25)16-5-3-2-4-6-17(16)27-20/h7-10,12H,2-6,11H2,1H3,(H,21,24). The molecule has 140 valence electrons. The Morgan fingerprint density at radius 1 is 1.22 bits per heavy atom. The first-order valence-electron chi connectivity index (χ1n) is 9.11. The number of hydrogen-bond donors (Lipinski definition) is 1. The fourth-order valence-corrected chi connectivity index (χ4v) is 4.59. The lowest BCUT2D eigenvalue weighted by atomic mass is 10.2. The summed E-state index contributed by atoms with van der Waals surface area (Å²) in [6.07, 6.45) is 6.64. The molecule has 4 rings (SSSR count). The predicted molar refractivity (Wildman–Crippen MR) is 105 cm³/mol. The van der Waals surface area contributed by atoms with E-state index in [1.807, 2.05) is 24.3 Å². The molecule has 3 aromatic rings. The molecule has 1 N–H and O–H groups in total. The van der Waals surface area contributed by atoms with Gasteiger partial charge in [0, 0.05) is 23.3 Å².